The summed E-state index contributed by atoms with van der Waals surface area (Å²) in [5, 5.41) is 0. The fourth-order valence-corrected chi connectivity index (χ4v) is 2.65. The largest absolute Gasteiger partial charge is 0.384 e. The van der Waals surface area contributed by atoms with Crippen molar-refractivity contribution >= 4 is 17.6 Å². The van der Waals surface area contributed by atoms with Crippen LogP contribution in [0.25, 0.3) is 0 Å². The second kappa shape index (κ2) is 7.72. The molecule has 1 aromatic heterocycles. The van der Waals surface area contributed by atoms with Gasteiger partial charge < -0.3 is 10.3 Å². The van der Waals surface area contributed by atoms with Crippen LogP contribution < -0.4 is 5.73 Å². The number of thioether (sulfide) groups is 1. The third kappa shape index (κ3) is 3.94. The van der Waals surface area contributed by atoms with Crippen molar-refractivity contribution in [1.82, 2.24) is 9.55 Å². The van der Waals surface area contributed by atoms with E-state index >= 15 is 0 Å². The van der Waals surface area contributed by atoms with E-state index in [1.54, 1.807) is 0 Å². The zero-order chi connectivity index (χ0) is 13.5. The molecular weight excluding hydrogens is 242 g/mol. The van der Waals surface area contributed by atoms with E-state index < -0.39 is 0 Å². The molecule has 0 aliphatic heterocycles. The molecule has 0 amide bonds. The average Bonchev–Trinajstić information content (AvgIpc) is 2.65. The van der Waals surface area contributed by atoms with Gasteiger partial charge in [0.2, 0.25) is 0 Å². The summed E-state index contributed by atoms with van der Waals surface area (Å²) in [5.74, 6) is 4.76. The van der Waals surface area contributed by atoms with Gasteiger partial charge in [-0.2, -0.15) is 11.8 Å². The summed E-state index contributed by atoms with van der Waals surface area (Å²) in [4.78, 5) is 4.76. The molecule has 0 atom stereocenters. The number of anilines is 1. The Bertz CT molecular complexity index is 358. The van der Waals surface area contributed by atoms with Crippen molar-refractivity contribution in [3.63, 3.8) is 0 Å². The van der Waals surface area contributed by atoms with Gasteiger partial charge in [-0.3, -0.25) is 0 Å². The zero-order valence-corrected chi connectivity index (χ0v) is 13.0. The number of rotatable bonds is 8. The fourth-order valence-electron chi connectivity index (χ4n) is 2.02. The van der Waals surface area contributed by atoms with Gasteiger partial charge in [-0.15, -0.1) is 0 Å². The van der Waals surface area contributed by atoms with Crippen LogP contribution in [0.2, 0.25) is 0 Å². The molecule has 0 aliphatic carbocycles. The first-order chi connectivity index (χ1) is 8.61. The molecular formula is C14H27N3S. The maximum absolute atomic E-state index is 6.26. The lowest BCUT2D eigenvalue weighted by Crippen LogP contribution is -2.08. The Morgan fingerprint density at radius 2 is 2.06 bits per heavy atom. The third-order valence-corrected chi connectivity index (χ3v) is 3.95. The molecule has 0 aromatic carbocycles. The van der Waals surface area contributed by atoms with Crippen LogP contribution in [0.1, 0.15) is 58.0 Å². The molecule has 0 aliphatic rings. The number of nitrogens with two attached hydrogens (primary N) is 1. The summed E-state index contributed by atoms with van der Waals surface area (Å²) in [7, 11) is 0. The summed E-state index contributed by atoms with van der Waals surface area (Å²) in [5.41, 5.74) is 7.35. The van der Waals surface area contributed by atoms with E-state index in [4.69, 9.17) is 10.7 Å². The van der Waals surface area contributed by atoms with Gasteiger partial charge in [0.05, 0.1) is 5.69 Å². The van der Waals surface area contributed by atoms with Crippen LogP contribution in [0.3, 0.4) is 0 Å². The molecule has 0 saturated carbocycles. The lowest BCUT2D eigenvalue weighted by atomic mass is 10.2. The molecule has 1 heterocycles. The van der Waals surface area contributed by atoms with Crippen LogP contribution in [-0.4, -0.2) is 21.1 Å². The van der Waals surface area contributed by atoms with Crippen LogP contribution in [0.4, 0.5) is 5.82 Å². The molecule has 2 N–H and O–H groups in total. The van der Waals surface area contributed by atoms with Gasteiger partial charge in [0.15, 0.2) is 0 Å². The lowest BCUT2D eigenvalue weighted by Gasteiger charge is -2.11. The number of nitrogen functional groups attached to an aromatic ring is 1. The first-order valence-corrected chi connectivity index (χ1v) is 8.19. The number of imidazole rings is 1. The monoisotopic (exact) mass is 269 g/mol. The topological polar surface area (TPSA) is 43.8 Å². The zero-order valence-electron chi connectivity index (χ0n) is 12.2. The first-order valence-electron chi connectivity index (χ1n) is 7.04. The van der Waals surface area contributed by atoms with E-state index in [0.717, 1.165) is 41.8 Å². The van der Waals surface area contributed by atoms with E-state index in [-0.39, 0.29) is 0 Å². The predicted octanol–water partition coefficient (Wildman–Crippen LogP) is 3.68. The number of hydrogen-bond acceptors (Lipinski definition) is 3. The van der Waals surface area contributed by atoms with E-state index in [0.29, 0.717) is 5.92 Å². The first kappa shape index (κ1) is 15.4. The Morgan fingerprint density at radius 1 is 1.33 bits per heavy atom. The molecule has 104 valence electrons. The van der Waals surface area contributed by atoms with Crippen molar-refractivity contribution in [3.05, 3.63) is 11.5 Å². The summed E-state index contributed by atoms with van der Waals surface area (Å²) in [6, 6.07) is 0. The van der Waals surface area contributed by atoms with E-state index in [1.165, 1.54) is 12.8 Å². The molecule has 0 spiro atoms. The highest BCUT2D eigenvalue weighted by Crippen LogP contribution is 2.23. The molecule has 4 heteroatoms. The minimum atomic E-state index is 0.441. The van der Waals surface area contributed by atoms with Crippen LogP contribution in [0, 0.1) is 0 Å². The van der Waals surface area contributed by atoms with Crippen molar-refractivity contribution in [3.8, 4) is 0 Å². The highest BCUT2D eigenvalue weighted by atomic mass is 32.2. The predicted molar refractivity (Wildman–Crippen MR) is 82.3 cm³/mol. The van der Waals surface area contributed by atoms with Crippen molar-refractivity contribution in [1.29, 1.82) is 0 Å². The molecule has 1 aromatic rings. The van der Waals surface area contributed by atoms with Crippen LogP contribution >= 0.6 is 11.8 Å². The van der Waals surface area contributed by atoms with Gasteiger partial charge in [-0.05, 0) is 17.9 Å². The Kier molecular flexibility index (Phi) is 6.61. The van der Waals surface area contributed by atoms with Crippen molar-refractivity contribution in [2.24, 2.45) is 0 Å². The number of nitrogens with zero attached hydrogens (tertiary/aromatic N) is 2. The molecule has 0 bridgehead atoms. The molecule has 0 saturated heterocycles. The highest BCUT2D eigenvalue weighted by molar-refractivity contribution is 7.99. The van der Waals surface area contributed by atoms with Crippen molar-refractivity contribution in [2.45, 2.75) is 59.4 Å². The number of aromatic nitrogens is 2. The summed E-state index contributed by atoms with van der Waals surface area (Å²) in [6.07, 6.45) is 3.35. The SMILES string of the molecule is CCCCn1c(C(C)C)nc(CCSCC)c1N. The smallest absolute Gasteiger partial charge is 0.126 e. The average molecular weight is 269 g/mol. The fraction of sp³-hybridized carbons (Fsp3) is 0.786. The quantitative estimate of drug-likeness (QED) is 0.732. The lowest BCUT2D eigenvalue weighted by molar-refractivity contribution is 0.588. The van der Waals surface area contributed by atoms with Gasteiger partial charge in [-0.1, -0.05) is 34.1 Å². The number of hydrogen-bond donors (Lipinski definition) is 1. The van der Waals surface area contributed by atoms with Gasteiger partial charge in [0, 0.05) is 18.9 Å². The van der Waals surface area contributed by atoms with Gasteiger partial charge in [0.25, 0.3) is 0 Å². The molecule has 0 radical (unpaired) electrons. The Hall–Kier alpha value is -0.640. The number of aryl methyl sites for hydroxylation is 1. The van der Waals surface area contributed by atoms with Crippen LogP contribution in [-0.2, 0) is 13.0 Å². The normalized spacial score (nSPS) is 11.4. The molecule has 1 rings (SSSR count). The second-order valence-corrected chi connectivity index (χ2v) is 6.30. The van der Waals surface area contributed by atoms with E-state index in [2.05, 4.69) is 32.3 Å². The molecule has 0 fully saturated rings. The Balaban J connectivity index is 2.85. The molecule has 18 heavy (non-hydrogen) atoms. The summed E-state index contributed by atoms with van der Waals surface area (Å²) < 4.78 is 2.22. The molecule has 3 nitrogen and oxygen atoms in total. The van der Waals surface area contributed by atoms with Gasteiger partial charge in [0.1, 0.15) is 11.6 Å². The Labute approximate surface area is 116 Å². The molecule has 0 unspecified atom stereocenters. The summed E-state index contributed by atoms with van der Waals surface area (Å²) in [6.45, 7) is 9.78. The van der Waals surface area contributed by atoms with Gasteiger partial charge in [-0.25, -0.2) is 4.98 Å². The number of unbranched alkanes of at least 4 members (excludes halogenated alkanes) is 1. The highest BCUT2D eigenvalue weighted by Gasteiger charge is 2.16. The maximum Gasteiger partial charge on any atom is 0.126 e. The van der Waals surface area contributed by atoms with Crippen molar-refractivity contribution in [2.75, 3.05) is 17.2 Å². The minimum absolute atomic E-state index is 0.441. The van der Waals surface area contributed by atoms with Crippen LogP contribution in [0.5, 0.6) is 0 Å². The van der Waals surface area contributed by atoms with E-state index in [1.807, 2.05) is 11.8 Å². The second-order valence-electron chi connectivity index (χ2n) is 4.91. The van der Waals surface area contributed by atoms with Crippen LogP contribution in [0.15, 0.2) is 0 Å². The van der Waals surface area contributed by atoms with Gasteiger partial charge >= 0.3 is 0 Å². The minimum Gasteiger partial charge on any atom is -0.384 e. The maximum atomic E-state index is 6.26. The summed E-state index contributed by atoms with van der Waals surface area (Å²) >= 11 is 1.95. The van der Waals surface area contributed by atoms with E-state index in [9.17, 15) is 0 Å². The Morgan fingerprint density at radius 3 is 2.61 bits per heavy atom. The standard InChI is InChI=1S/C14H27N3S/c1-5-7-9-17-13(15)12(8-10-18-6-2)16-14(17)11(3)4/h11H,5-10,15H2,1-4H3. The third-order valence-electron chi connectivity index (χ3n) is 3.05. The van der Waals surface area contributed by atoms with Crippen molar-refractivity contribution < 1.29 is 0 Å².